The summed E-state index contributed by atoms with van der Waals surface area (Å²) in [5, 5.41) is 3.20. The fraction of sp³-hybridized carbons (Fsp3) is 0.500. The van der Waals surface area contributed by atoms with Gasteiger partial charge in [-0.25, -0.2) is 0 Å². The van der Waals surface area contributed by atoms with Gasteiger partial charge in [-0.3, -0.25) is 9.59 Å². The first-order chi connectivity index (χ1) is 16.4. The summed E-state index contributed by atoms with van der Waals surface area (Å²) < 4.78 is 11.2. The van der Waals surface area contributed by atoms with E-state index in [9.17, 15) is 9.59 Å². The number of hydrogen-bond donors (Lipinski definition) is 1. The fourth-order valence-electron chi connectivity index (χ4n) is 4.46. The van der Waals surface area contributed by atoms with Gasteiger partial charge in [-0.2, -0.15) is 0 Å². The number of carbonyl (C=O) groups excluding carboxylic acids is 2. The molecule has 0 radical (unpaired) electrons. The van der Waals surface area contributed by atoms with Gasteiger partial charge in [-0.15, -0.1) is 0 Å². The summed E-state index contributed by atoms with van der Waals surface area (Å²) >= 11 is 0. The second kappa shape index (κ2) is 12.4. The Balaban J connectivity index is 1.77. The van der Waals surface area contributed by atoms with Crippen molar-refractivity contribution in [3.05, 3.63) is 59.2 Å². The van der Waals surface area contributed by atoms with Crippen LogP contribution in [0.15, 0.2) is 42.5 Å². The van der Waals surface area contributed by atoms with Crippen molar-refractivity contribution in [3.8, 4) is 11.5 Å². The van der Waals surface area contributed by atoms with Crippen LogP contribution in [0.2, 0.25) is 0 Å². The van der Waals surface area contributed by atoms with Gasteiger partial charge in [0.05, 0.1) is 7.11 Å². The SMILES string of the molecule is CC[C@@H](C(=O)NC1CCCCC1)N(Cc1cccc(OC)c1)C(=O)COc1ccc(C)c(C)c1. The highest BCUT2D eigenvalue weighted by molar-refractivity contribution is 5.88. The van der Waals surface area contributed by atoms with E-state index in [1.807, 2.05) is 63.2 Å². The minimum absolute atomic E-state index is 0.0863. The van der Waals surface area contributed by atoms with E-state index in [0.717, 1.165) is 42.6 Å². The Morgan fingerprint density at radius 1 is 1.03 bits per heavy atom. The topological polar surface area (TPSA) is 67.9 Å². The molecular weight excluding hydrogens is 428 g/mol. The molecule has 6 heteroatoms. The molecule has 0 aliphatic heterocycles. The van der Waals surface area contributed by atoms with Crippen LogP contribution in [0.3, 0.4) is 0 Å². The molecule has 2 aromatic rings. The number of methoxy groups -OCH3 is 1. The number of nitrogens with zero attached hydrogens (tertiary/aromatic N) is 1. The molecule has 1 N–H and O–H groups in total. The monoisotopic (exact) mass is 466 g/mol. The van der Waals surface area contributed by atoms with Crippen LogP contribution in [-0.4, -0.2) is 42.5 Å². The highest BCUT2D eigenvalue weighted by atomic mass is 16.5. The second-order valence-corrected chi connectivity index (χ2v) is 9.18. The van der Waals surface area contributed by atoms with Crippen LogP contribution in [0.1, 0.15) is 62.1 Å². The van der Waals surface area contributed by atoms with E-state index in [4.69, 9.17) is 9.47 Å². The van der Waals surface area contributed by atoms with Crippen LogP contribution in [0.25, 0.3) is 0 Å². The molecule has 3 rings (SSSR count). The van der Waals surface area contributed by atoms with Crippen LogP contribution in [0.5, 0.6) is 11.5 Å². The standard InChI is InChI=1S/C28H38N2O4/c1-5-26(28(32)29-23-11-7-6-8-12-23)30(18-22-10-9-13-24(17-22)33-4)27(31)19-34-25-15-14-20(2)21(3)16-25/h9-10,13-17,23,26H,5-8,11-12,18-19H2,1-4H3,(H,29,32)/t26-/m0/s1. The smallest absolute Gasteiger partial charge is 0.261 e. The maximum atomic E-state index is 13.4. The third-order valence-electron chi connectivity index (χ3n) is 6.67. The maximum Gasteiger partial charge on any atom is 0.261 e. The summed E-state index contributed by atoms with van der Waals surface area (Å²) in [7, 11) is 1.62. The largest absolute Gasteiger partial charge is 0.497 e. The van der Waals surface area contributed by atoms with Gasteiger partial charge in [0.2, 0.25) is 5.91 Å². The van der Waals surface area contributed by atoms with Gasteiger partial charge in [0.1, 0.15) is 17.5 Å². The van der Waals surface area contributed by atoms with Crippen molar-refractivity contribution in [2.24, 2.45) is 0 Å². The van der Waals surface area contributed by atoms with E-state index >= 15 is 0 Å². The van der Waals surface area contributed by atoms with Gasteiger partial charge in [0, 0.05) is 12.6 Å². The van der Waals surface area contributed by atoms with Crippen LogP contribution in [0.4, 0.5) is 0 Å². The van der Waals surface area contributed by atoms with Crippen molar-refractivity contribution in [2.45, 2.75) is 77.9 Å². The molecule has 0 spiro atoms. The molecule has 1 atom stereocenters. The van der Waals surface area contributed by atoms with Gasteiger partial charge >= 0.3 is 0 Å². The van der Waals surface area contributed by atoms with E-state index in [1.165, 1.54) is 12.0 Å². The summed E-state index contributed by atoms with van der Waals surface area (Å²) in [5.74, 6) is 1.07. The number of amides is 2. The summed E-state index contributed by atoms with van der Waals surface area (Å²) in [6.07, 6.45) is 6.03. The number of nitrogens with one attached hydrogen (secondary N) is 1. The summed E-state index contributed by atoms with van der Waals surface area (Å²) in [6, 6.07) is 13.0. The lowest BCUT2D eigenvalue weighted by atomic mass is 9.95. The highest BCUT2D eigenvalue weighted by Gasteiger charge is 2.30. The minimum atomic E-state index is -0.566. The van der Waals surface area contributed by atoms with Crippen LogP contribution < -0.4 is 14.8 Å². The second-order valence-electron chi connectivity index (χ2n) is 9.18. The predicted molar refractivity (Wildman–Crippen MR) is 134 cm³/mol. The third kappa shape index (κ3) is 6.99. The Morgan fingerprint density at radius 2 is 1.79 bits per heavy atom. The maximum absolute atomic E-state index is 13.4. The highest BCUT2D eigenvalue weighted by Crippen LogP contribution is 2.21. The fourth-order valence-corrected chi connectivity index (χ4v) is 4.46. The van der Waals surface area contributed by atoms with Crippen LogP contribution in [0, 0.1) is 13.8 Å². The normalized spacial score (nSPS) is 14.8. The lowest BCUT2D eigenvalue weighted by Gasteiger charge is -2.32. The van der Waals surface area contributed by atoms with Crippen molar-refractivity contribution in [1.82, 2.24) is 10.2 Å². The zero-order valence-electron chi connectivity index (χ0n) is 20.9. The Bertz CT molecular complexity index is 969. The van der Waals surface area contributed by atoms with Crippen LogP contribution >= 0.6 is 0 Å². The molecule has 1 saturated carbocycles. The average molecular weight is 467 g/mol. The first-order valence-electron chi connectivity index (χ1n) is 12.3. The van der Waals surface area contributed by atoms with E-state index < -0.39 is 6.04 Å². The van der Waals surface area contributed by atoms with Crippen LogP contribution in [-0.2, 0) is 16.1 Å². The summed E-state index contributed by atoms with van der Waals surface area (Å²) in [6.45, 7) is 6.18. The average Bonchev–Trinajstić information content (AvgIpc) is 2.85. The molecule has 0 aromatic heterocycles. The number of rotatable bonds is 10. The van der Waals surface area contributed by atoms with E-state index in [-0.39, 0.29) is 24.5 Å². The zero-order chi connectivity index (χ0) is 24.5. The third-order valence-corrected chi connectivity index (χ3v) is 6.67. The molecule has 2 aromatic carbocycles. The molecule has 1 fully saturated rings. The molecule has 0 unspecified atom stereocenters. The van der Waals surface area contributed by atoms with Gasteiger partial charge in [-0.05, 0) is 74.1 Å². The van der Waals surface area contributed by atoms with E-state index in [2.05, 4.69) is 5.32 Å². The molecule has 0 heterocycles. The molecule has 0 bridgehead atoms. The minimum Gasteiger partial charge on any atom is -0.497 e. The molecule has 0 saturated heterocycles. The van der Waals surface area contributed by atoms with Gasteiger partial charge in [0.25, 0.3) is 5.91 Å². The molecule has 184 valence electrons. The van der Waals surface area contributed by atoms with E-state index in [0.29, 0.717) is 18.7 Å². The van der Waals surface area contributed by atoms with Gasteiger partial charge in [-0.1, -0.05) is 44.4 Å². The number of carbonyl (C=O) groups is 2. The molecular formula is C28H38N2O4. The lowest BCUT2D eigenvalue weighted by molar-refractivity contribution is -0.143. The summed E-state index contributed by atoms with van der Waals surface area (Å²) in [5.41, 5.74) is 3.18. The summed E-state index contributed by atoms with van der Waals surface area (Å²) in [4.78, 5) is 28.3. The number of hydrogen-bond acceptors (Lipinski definition) is 4. The predicted octanol–water partition coefficient (Wildman–Crippen LogP) is 4.95. The Labute approximate surface area is 203 Å². The molecule has 1 aliphatic carbocycles. The quantitative estimate of drug-likeness (QED) is 0.538. The number of benzene rings is 2. The Morgan fingerprint density at radius 3 is 2.47 bits per heavy atom. The number of aryl methyl sites for hydroxylation is 2. The first-order valence-corrected chi connectivity index (χ1v) is 12.3. The molecule has 1 aliphatic rings. The molecule has 34 heavy (non-hydrogen) atoms. The van der Waals surface area contributed by atoms with Crippen molar-refractivity contribution in [1.29, 1.82) is 0 Å². The number of ether oxygens (including phenoxy) is 2. The molecule has 2 amide bonds. The van der Waals surface area contributed by atoms with Crippen molar-refractivity contribution in [2.75, 3.05) is 13.7 Å². The van der Waals surface area contributed by atoms with Crippen molar-refractivity contribution < 1.29 is 19.1 Å². The Hall–Kier alpha value is -3.02. The van der Waals surface area contributed by atoms with Crippen molar-refractivity contribution in [3.63, 3.8) is 0 Å². The van der Waals surface area contributed by atoms with Gasteiger partial charge < -0.3 is 19.7 Å². The zero-order valence-corrected chi connectivity index (χ0v) is 20.9. The molecule has 6 nitrogen and oxygen atoms in total. The van der Waals surface area contributed by atoms with Crippen molar-refractivity contribution >= 4 is 11.8 Å². The Kier molecular flexibility index (Phi) is 9.37. The first kappa shape index (κ1) is 25.6. The lowest BCUT2D eigenvalue weighted by Crippen LogP contribution is -2.52. The van der Waals surface area contributed by atoms with E-state index in [1.54, 1.807) is 12.0 Å². The van der Waals surface area contributed by atoms with Gasteiger partial charge in [0.15, 0.2) is 6.61 Å².